The van der Waals surface area contributed by atoms with E-state index in [-0.39, 0.29) is 0 Å². The Kier molecular flexibility index (Phi) is 5.07. The molecule has 0 amide bonds. The second-order valence-electron chi connectivity index (χ2n) is 4.19. The fourth-order valence-electron chi connectivity index (χ4n) is 1.74. The Morgan fingerprint density at radius 1 is 1.26 bits per heavy atom. The monoisotopic (exact) mass is 387 g/mol. The number of ether oxygens (including phenoxy) is 1. The first-order valence-electron chi connectivity index (χ1n) is 5.91. The Morgan fingerprint density at radius 2 is 2.05 bits per heavy atom. The maximum atomic E-state index is 5.80. The number of hydrogen-bond acceptors (Lipinski definition) is 3. The first kappa shape index (κ1) is 14.6. The Labute approximate surface area is 129 Å². The fraction of sp³-hybridized carbons (Fsp3) is 0.286. The van der Waals surface area contributed by atoms with Crippen LogP contribution >= 0.6 is 31.9 Å². The third kappa shape index (κ3) is 3.84. The smallest absolute Gasteiger partial charge is 0.134 e. The van der Waals surface area contributed by atoms with Crippen LogP contribution in [0.1, 0.15) is 17.1 Å². The normalized spacial score (nSPS) is 10.7. The molecule has 2 rings (SSSR count). The Morgan fingerprint density at radius 3 is 2.74 bits per heavy atom. The van der Waals surface area contributed by atoms with E-state index in [0.717, 1.165) is 38.3 Å². The minimum atomic E-state index is 0.499. The van der Waals surface area contributed by atoms with Crippen LogP contribution in [0.4, 0.5) is 0 Å². The van der Waals surface area contributed by atoms with E-state index in [1.54, 1.807) is 0 Å². The van der Waals surface area contributed by atoms with Gasteiger partial charge in [-0.15, -0.1) is 0 Å². The summed E-state index contributed by atoms with van der Waals surface area (Å²) in [6.45, 7) is 3.18. The van der Waals surface area contributed by atoms with Gasteiger partial charge in [-0.25, -0.2) is 0 Å². The van der Waals surface area contributed by atoms with Crippen molar-refractivity contribution in [2.45, 2.75) is 20.1 Å². The van der Waals surface area contributed by atoms with E-state index in [1.165, 1.54) is 0 Å². The van der Waals surface area contributed by atoms with Gasteiger partial charge >= 0.3 is 0 Å². The van der Waals surface area contributed by atoms with Gasteiger partial charge in [-0.2, -0.15) is 0 Å². The SMILES string of the molecule is CNCc1cc(COc2ccc(Br)cc2Br)c(C)o1. The van der Waals surface area contributed by atoms with Gasteiger partial charge in [0.2, 0.25) is 0 Å². The fourth-order valence-corrected chi connectivity index (χ4v) is 2.90. The van der Waals surface area contributed by atoms with Gasteiger partial charge in [-0.05, 0) is 54.2 Å². The summed E-state index contributed by atoms with van der Waals surface area (Å²) in [7, 11) is 1.90. The summed E-state index contributed by atoms with van der Waals surface area (Å²) in [6, 6.07) is 7.87. The maximum absolute atomic E-state index is 5.80. The van der Waals surface area contributed by atoms with E-state index in [2.05, 4.69) is 37.2 Å². The number of nitrogens with one attached hydrogen (secondary N) is 1. The molecule has 1 heterocycles. The van der Waals surface area contributed by atoms with Gasteiger partial charge in [0, 0.05) is 10.0 Å². The van der Waals surface area contributed by atoms with Gasteiger partial charge in [-0.1, -0.05) is 15.9 Å². The van der Waals surface area contributed by atoms with E-state index in [1.807, 2.05) is 38.2 Å². The molecule has 1 aromatic heterocycles. The summed E-state index contributed by atoms with van der Waals surface area (Å²) < 4.78 is 13.4. The standard InChI is InChI=1S/C14H15Br2NO2/c1-9-10(5-12(19-9)7-17-2)8-18-14-4-3-11(15)6-13(14)16/h3-6,17H,7-8H2,1-2H3. The molecule has 0 aliphatic carbocycles. The zero-order valence-electron chi connectivity index (χ0n) is 10.8. The highest BCUT2D eigenvalue weighted by molar-refractivity contribution is 9.11. The molecule has 2 aromatic rings. The van der Waals surface area contributed by atoms with E-state index < -0.39 is 0 Å². The van der Waals surface area contributed by atoms with E-state index in [4.69, 9.17) is 9.15 Å². The van der Waals surface area contributed by atoms with Crippen LogP contribution in [0.5, 0.6) is 5.75 Å². The molecule has 102 valence electrons. The molecule has 0 bridgehead atoms. The minimum absolute atomic E-state index is 0.499. The number of halogens is 2. The van der Waals surface area contributed by atoms with Crippen molar-refractivity contribution < 1.29 is 9.15 Å². The van der Waals surface area contributed by atoms with Crippen LogP contribution < -0.4 is 10.1 Å². The van der Waals surface area contributed by atoms with Crippen LogP contribution in [0.15, 0.2) is 37.6 Å². The zero-order chi connectivity index (χ0) is 13.8. The lowest BCUT2D eigenvalue weighted by atomic mass is 10.2. The summed E-state index contributed by atoms with van der Waals surface area (Å²) in [5, 5.41) is 3.07. The topological polar surface area (TPSA) is 34.4 Å². The number of benzene rings is 1. The number of hydrogen-bond donors (Lipinski definition) is 1. The van der Waals surface area contributed by atoms with Gasteiger partial charge in [-0.3, -0.25) is 0 Å². The second-order valence-corrected chi connectivity index (χ2v) is 5.96. The summed E-state index contributed by atoms with van der Waals surface area (Å²) in [4.78, 5) is 0. The zero-order valence-corrected chi connectivity index (χ0v) is 14.0. The Bertz CT molecular complexity index is 567. The highest BCUT2D eigenvalue weighted by atomic mass is 79.9. The molecular weight excluding hydrogens is 374 g/mol. The average Bonchev–Trinajstić information content (AvgIpc) is 2.69. The summed E-state index contributed by atoms with van der Waals surface area (Å²) >= 11 is 6.90. The highest BCUT2D eigenvalue weighted by Gasteiger charge is 2.09. The van der Waals surface area contributed by atoms with Crippen molar-refractivity contribution in [1.82, 2.24) is 5.32 Å². The maximum Gasteiger partial charge on any atom is 0.134 e. The first-order chi connectivity index (χ1) is 9.10. The Balaban J connectivity index is 2.05. The Hall–Kier alpha value is -0.780. The lowest BCUT2D eigenvalue weighted by Crippen LogP contribution is -2.03. The largest absolute Gasteiger partial charge is 0.488 e. The van der Waals surface area contributed by atoms with Crippen molar-refractivity contribution in [3.8, 4) is 5.75 Å². The molecule has 3 nitrogen and oxygen atoms in total. The van der Waals surface area contributed by atoms with E-state index in [0.29, 0.717) is 6.61 Å². The number of furan rings is 1. The summed E-state index contributed by atoms with van der Waals surface area (Å²) in [6.07, 6.45) is 0. The molecule has 0 fully saturated rings. The van der Waals surface area contributed by atoms with Crippen LogP contribution in [0.2, 0.25) is 0 Å². The van der Waals surface area contributed by atoms with Crippen LogP contribution in [0.3, 0.4) is 0 Å². The minimum Gasteiger partial charge on any atom is -0.488 e. The molecule has 0 unspecified atom stereocenters. The van der Waals surface area contributed by atoms with Crippen molar-refractivity contribution >= 4 is 31.9 Å². The molecule has 5 heteroatoms. The lowest BCUT2D eigenvalue weighted by molar-refractivity contribution is 0.301. The molecule has 0 aliphatic heterocycles. The van der Waals surface area contributed by atoms with Gasteiger partial charge < -0.3 is 14.5 Å². The molecule has 0 atom stereocenters. The van der Waals surface area contributed by atoms with Crippen molar-refractivity contribution in [2.24, 2.45) is 0 Å². The molecule has 1 N–H and O–H groups in total. The molecule has 0 spiro atoms. The molecule has 1 aromatic carbocycles. The quantitative estimate of drug-likeness (QED) is 0.823. The highest BCUT2D eigenvalue weighted by Crippen LogP contribution is 2.29. The third-order valence-corrected chi connectivity index (χ3v) is 3.81. The van der Waals surface area contributed by atoms with Crippen LogP contribution in [0.25, 0.3) is 0 Å². The number of rotatable bonds is 5. The van der Waals surface area contributed by atoms with Crippen LogP contribution in [-0.4, -0.2) is 7.05 Å². The predicted molar refractivity (Wildman–Crippen MR) is 82.4 cm³/mol. The predicted octanol–water partition coefficient (Wildman–Crippen LogP) is 4.41. The van der Waals surface area contributed by atoms with E-state index >= 15 is 0 Å². The van der Waals surface area contributed by atoms with Crippen LogP contribution in [0, 0.1) is 6.92 Å². The molecular formula is C14H15Br2NO2. The summed E-state index contributed by atoms with van der Waals surface area (Å²) in [5.74, 6) is 2.64. The van der Waals surface area contributed by atoms with Gasteiger partial charge in [0.25, 0.3) is 0 Å². The van der Waals surface area contributed by atoms with Gasteiger partial charge in [0.15, 0.2) is 0 Å². The van der Waals surface area contributed by atoms with Gasteiger partial charge in [0.05, 0.1) is 11.0 Å². The first-order valence-corrected chi connectivity index (χ1v) is 7.49. The molecule has 0 saturated carbocycles. The van der Waals surface area contributed by atoms with Crippen molar-refractivity contribution in [1.29, 1.82) is 0 Å². The van der Waals surface area contributed by atoms with Crippen LogP contribution in [-0.2, 0) is 13.2 Å². The van der Waals surface area contributed by atoms with Crippen molar-refractivity contribution in [3.63, 3.8) is 0 Å². The molecule has 19 heavy (non-hydrogen) atoms. The van der Waals surface area contributed by atoms with Crippen molar-refractivity contribution in [3.05, 3.63) is 50.3 Å². The summed E-state index contributed by atoms with van der Waals surface area (Å²) in [5.41, 5.74) is 1.07. The van der Waals surface area contributed by atoms with Crippen molar-refractivity contribution in [2.75, 3.05) is 7.05 Å². The molecule has 0 radical (unpaired) electrons. The lowest BCUT2D eigenvalue weighted by Gasteiger charge is -2.07. The third-order valence-electron chi connectivity index (χ3n) is 2.70. The number of aryl methyl sites for hydroxylation is 1. The molecule has 0 saturated heterocycles. The van der Waals surface area contributed by atoms with Gasteiger partial charge in [0.1, 0.15) is 23.9 Å². The average molecular weight is 389 g/mol. The van der Waals surface area contributed by atoms with E-state index in [9.17, 15) is 0 Å². The second kappa shape index (κ2) is 6.59. The molecule has 0 aliphatic rings.